The molecule has 0 saturated heterocycles. The second kappa shape index (κ2) is 25.8. The van der Waals surface area contributed by atoms with Crippen LogP contribution in [0.15, 0.2) is 273 Å². The molecule has 0 heteroatoms. The Balaban J connectivity index is 0.000000137. The molecule has 0 spiro atoms. The van der Waals surface area contributed by atoms with E-state index in [0.29, 0.717) is 5.41 Å². The van der Waals surface area contributed by atoms with Gasteiger partial charge in [0.2, 0.25) is 0 Å². The van der Waals surface area contributed by atoms with Crippen LogP contribution >= 0.6 is 0 Å². The Bertz CT molecular complexity index is 4030. The molecule has 448 valence electrons. The van der Waals surface area contributed by atoms with Crippen LogP contribution in [0.3, 0.4) is 0 Å². The number of rotatable bonds is 3. The fourth-order valence-corrected chi connectivity index (χ4v) is 12.5. The van der Waals surface area contributed by atoms with Crippen molar-refractivity contribution in [3.05, 3.63) is 334 Å². The summed E-state index contributed by atoms with van der Waals surface area (Å²) >= 11 is 0. The van der Waals surface area contributed by atoms with Crippen molar-refractivity contribution in [2.24, 2.45) is 0 Å². The maximum absolute atomic E-state index is 2.45. The first kappa shape index (κ1) is 64.2. The third-order valence-corrected chi connectivity index (χ3v) is 17.9. The van der Waals surface area contributed by atoms with Crippen molar-refractivity contribution in [3.8, 4) is 33.4 Å². The van der Waals surface area contributed by atoms with Gasteiger partial charge in [-0.15, -0.1) is 0 Å². The zero-order valence-electron chi connectivity index (χ0n) is 56.0. The monoisotopic (exact) mass is 1150 g/mol. The molecule has 11 aromatic rings. The van der Waals surface area contributed by atoms with Crippen LogP contribution < -0.4 is 0 Å². The topological polar surface area (TPSA) is 0 Å². The van der Waals surface area contributed by atoms with Gasteiger partial charge in [0, 0.05) is 5.41 Å². The normalized spacial score (nSPS) is 13.5. The fraction of sp³-hybridized carbons (Fsp3) is 0.273. The van der Waals surface area contributed by atoms with Crippen LogP contribution in [0, 0.1) is 0 Å². The smallest absolute Gasteiger partial charge is 0.0622 e. The van der Waals surface area contributed by atoms with Gasteiger partial charge in [-0.05, 0) is 132 Å². The van der Waals surface area contributed by atoms with Crippen molar-refractivity contribution in [3.63, 3.8) is 0 Å². The van der Waals surface area contributed by atoms with Gasteiger partial charge >= 0.3 is 0 Å². The van der Waals surface area contributed by atoms with Crippen molar-refractivity contribution in [2.45, 2.75) is 156 Å². The standard InChI is InChI=1S/C29H26.C19H22.C16H18.C14H16.C10H14/c1-28(2,3)23-18-19-25-24-16-10-11-17-26(24)29(27(25)20-23,21-12-6-4-7-13-21)22-14-8-5-9-15-22;1-18(2,3)13-10-11-15-14-8-6-7-9-16(14)19(4,5)17(15)12-13;1-16(2,3)15-11-9-14(10-12-15)13-7-5-4-6-8-13;1-14(2,3)13-9-8-11-6-4-5-7-12(11)10-13;1-10(2,3)9-7-5-4-6-8-9/h4-20H,1-3H3;6-12H,1-5H3;4-12H,1-3H3;4-10H,1-3H3;4-8H,1-3H3. The van der Waals surface area contributed by atoms with Gasteiger partial charge in [-0.3, -0.25) is 0 Å². The zero-order valence-corrected chi connectivity index (χ0v) is 56.0. The van der Waals surface area contributed by atoms with Crippen LogP contribution in [0.25, 0.3) is 44.2 Å². The molecule has 0 N–H and O–H groups in total. The highest BCUT2D eigenvalue weighted by Gasteiger charge is 2.46. The highest BCUT2D eigenvalue weighted by molar-refractivity contribution is 5.87. The molecule has 2 aliphatic carbocycles. The molecule has 0 atom stereocenters. The minimum atomic E-state index is -0.296. The molecule has 13 rings (SSSR count). The van der Waals surface area contributed by atoms with Gasteiger partial charge in [0.1, 0.15) is 0 Å². The van der Waals surface area contributed by atoms with Crippen molar-refractivity contribution in [2.75, 3.05) is 0 Å². The van der Waals surface area contributed by atoms with Gasteiger partial charge in [-0.1, -0.05) is 391 Å². The van der Waals surface area contributed by atoms with Gasteiger partial charge in [0.05, 0.1) is 5.41 Å². The SMILES string of the molecule is CC(C)(C)c1ccc(-c2ccccc2)cc1.CC(C)(C)c1ccc2c(c1)C(C)(C)c1ccccc1-2.CC(C)(C)c1ccc2c(c1)C(c1ccccc1)(c1ccccc1)c1ccccc1-2.CC(C)(C)c1ccc2ccccc2c1.CC(C)(C)c1ccccc1. The van der Waals surface area contributed by atoms with E-state index in [-0.39, 0.29) is 32.5 Å². The maximum Gasteiger partial charge on any atom is 0.0713 e. The van der Waals surface area contributed by atoms with Crippen molar-refractivity contribution < 1.29 is 0 Å². The van der Waals surface area contributed by atoms with E-state index in [9.17, 15) is 0 Å². The van der Waals surface area contributed by atoms with Crippen LogP contribution in [0.5, 0.6) is 0 Å². The molecule has 0 radical (unpaired) electrons. The first-order valence-corrected chi connectivity index (χ1v) is 31.9. The molecule has 0 heterocycles. The lowest BCUT2D eigenvalue weighted by Gasteiger charge is -2.34. The number of hydrogen-bond donors (Lipinski definition) is 0. The van der Waals surface area contributed by atoms with E-state index in [2.05, 4.69) is 385 Å². The first-order valence-electron chi connectivity index (χ1n) is 31.9. The lowest BCUT2D eigenvalue weighted by Crippen LogP contribution is -2.29. The number of hydrogen-bond acceptors (Lipinski definition) is 0. The summed E-state index contributed by atoms with van der Waals surface area (Å²) in [5, 5.41) is 2.65. The molecular formula is C88H96. The van der Waals surface area contributed by atoms with Crippen LogP contribution in [-0.4, -0.2) is 0 Å². The van der Waals surface area contributed by atoms with Gasteiger partial charge in [-0.2, -0.15) is 0 Å². The summed E-state index contributed by atoms with van der Waals surface area (Å²) in [6.07, 6.45) is 0. The van der Waals surface area contributed by atoms with E-state index in [4.69, 9.17) is 0 Å². The first-order chi connectivity index (χ1) is 41.6. The molecule has 2 aliphatic rings. The van der Waals surface area contributed by atoms with Gasteiger partial charge in [-0.25, -0.2) is 0 Å². The summed E-state index contributed by atoms with van der Waals surface area (Å²) in [7, 11) is 0. The molecule has 0 unspecified atom stereocenters. The molecule has 0 aromatic heterocycles. The summed E-state index contributed by atoms with van der Waals surface area (Å²) in [5.74, 6) is 0. The minimum absolute atomic E-state index is 0.100. The minimum Gasteiger partial charge on any atom is -0.0622 e. The second-order valence-corrected chi connectivity index (χ2v) is 29.8. The van der Waals surface area contributed by atoms with E-state index in [1.807, 2.05) is 6.07 Å². The highest BCUT2D eigenvalue weighted by atomic mass is 14.5. The Morgan fingerprint density at radius 2 is 0.534 bits per heavy atom. The van der Waals surface area contributed by atoms with Crippen molar-refractivity contribution in [1.29, 1.82) is 0 Å². The molecule has 0 amide bonds. The molecule has 0 nitrogen and oxygen atoms in total. The Kier molecular flexibility index (Phi) is 18.8. The second-order valence-electron chi connectivity index (χ2n) is 29.8. The van der Waals surface area contributed by atoms with Crippen molar-refractivity contribution >= 4 is 10.8 Å². The van der Waals surface area contributed by atoms with Crippen LogP contribution in [0.2, 0.25) is 0 Å². The third kappa shape index (κ3) is 14.1. The van der Waals surface area contributed by atoms with E-state index in [1.165, 1.54) is 105 Å². The summed E-state index contributed by atoms with van der Waals surface area (Å²) < 4.78 is 0. The van der Waals surface area contributed by atoms with Gasteiger partial charge in [0.15, 0.2) is 0 Å². The van der Waals surface area contributed by atoms with Gasteiger partial charge < -0.3 is 0 Å². The lowest BCUT2D eigenvalue weighted by atomic mass is 9.67. The summed E-state index contributed by atoms with van der Waals surface area (Å²) in [6.45, 7) is 38.5. The third-order valence-electron chi connectivity index (χ3n) is 17.9. The average Bonchev–Trinajstić information content (AvgIpc) is 1.55. The molecule has 0 aliphatic heterocycles. The maximum atomic E-state index is 2.45. The van der Waals surface area contributed by atoms with E-state index in [0.717, 1.165) is 0 Å². The molecule has 0 fully saturated rings. The summed E-state index contributed by atoms with van der Waals surface area (Å²) in [4.78, 5) is 0. The Morgan fingerprint density at radius 1 is 0.216 bits per heavy atom. The Morgan fingerprint density at radius 3 is 1.01 bits per heavy atom. The van der Waals surface area contributed by atoms with Crippen molar-refractivity contribution in [1.82, 2.24) is 0 Å². The average molecular weight is 1150 g/mol. The molecular weight excluding hydrogens is 1060 g/mol. The van der Waals surface area contributed by atoms with E-state index >= 15 is 0 Å². The van der Waals surface area contributed by atoms with Crippen LogP contribution in [-0.2, 0) is 37.9 Å². The largest absolute Gasteiger partial charge is 0.0713 e. The Hall–Kier alpha value is -8.32. The van der Waals surface area contributed by atoms with Crippen LogP contribution in [0.1, 0.15) is 179 Å². The quantitative estimate of drug-likeness (QED) is 0.165. The highest BCUT2D eigenvalue weighted by Crippen LogP contribution is 2.57. The number of fused-ring (bicyclic) bond motifs is 7. The molecule has 11 aromatic carbocycles. The molecule has 0 bridgehead atoms. The predicted octanol–water partition coefficient (Wildman–Crippen LogP) is 24.4. The molecule has 0 saturated carbocycles. The fourth-order valence-electron chi connectivity index (χ4n) is 12.5. The lowest BCUT2D eigenvalue weighted by molar-refractivity contribution is 0.584. The Labute approximate surface area is 530 Å². The van der Waals surface area contributed by atoms with Gasteiger partial charge in [0.25, 0.3) is 0 Å². The summed E-state index contributed by atoms with van der Waals surface area (Å²) in [5.41, 5.74) is 24.3. The zero-order chi connectivity index (χ0) is 63.3. The van der Waals surface area contributed by atoms with E-state index < -0.39 is 0 Å². The molecule has 88 heavy (non-hydrogen) atoms. The summed E-state index contributed by atoms with van der Waals surface area (Å²) in [6, 6.07) is 98.9. The predicted molar refractivity (Wildman–Crippen MR) is 384 cm³/mol. The van der Waals surface area contributed by atoms with E-state index in [1.54, 1.807) is 0 Å². The van der Waals surface area contributed by atoms with Crippen LogP contribution in [0.4, 0.5) is 0 Å². The number of benzene rings is 11.